The molecule has 0 atom stereocenters. The predicted molar refractivity (Wildman–Crippen MR) is 55.9 cm³/mol. The summed E-state index contributed by atoms with van der Waals surface area (Å²) in [6, 6.07) is 3.95. The Kier molecular flexibility index (Phi) is 3.73. The summed E-state index contributed by atoms with van der Waals surface area (Å²) in [4.78, 5) is 0. The van der Waals surface area contributed by atoms with E-state index in [1.54, 1.807) is 0 Å². The highest BCUT2D eigenvalue weighted by Crippen LogP contribution is 2.33. The van der Waals surface area contributed by atoms with Crippen LogP contribution in [-0.2, 0) is 11.5 Å². The van der Waals surface area contributed by atoms with Crippen molar-refractivity contribution in [2.24, 2.45) is 10.9 Å². The third-order valence-corrected chi connectivity index (χ3v) is 2.41. The second kappa shape index (κ2) is 4.65. The molecule has 1 rings (SSSR count). The lowest BCUT2D eigenvalue weighted by Gasteiger charge is -2.11. The summed E-state index contributed by atoms with van der Waals surface area (Å²) in [5.74, 6) is 4.87. The zero-order chi connectivity index (χ0) is 11.5. The number of alkyl halides is 4. The average Bonchev–Trinajstić information content (AvgIpc) is 2.17. The number of halogens is 4. The van der Waals surface area contributed by atoms with Crippen LogP contribution in [0.2, 0.25) is 0 Å². The number of benzene rings is 1. The summed E-state index contributed by atoms with van der Waals surface area (Å²) >= 11 is 3.01. The minimum absolute atomic E-state index is 0.155. The molecule has 0 heterocycles. The normalized spacial score (nSPS) is 12.3. The van der Waals surface area contributed by atoms with Crippen LogP contribution in [0.5, 0.6) is 0 Å². The van der Waals surface area contributed by atoms with Gasteiger partial charge in [-0.1, -0.05) is 28.1 Å². The van der Waals surface area contributed by atoms with E-state index in [-0.39, 0.29) is 10.9 Å². The fourth-order valence-corrected chi connectivity index (χ4v) is 1.63. The van der Waals surface area contributed by atoms with Crippen LogP contribution in [0.3, 0.4) is 0 Å². The van der Waals surface area contributed by atoms with Crippen LogP contribution < -0.4 is 5.84 Å². The van der Waals surface area contributed by atoms with E-state index in [1.807, 2.05) is 0 Å². The number of nitrogens with two attached hydrogens (primary N) is 1. The molecule has 0 aliphatic rings. The van der Waals surface area contributed by atoms with Crippen LogP contribution >= 0.6 is 15.9 Å². The molecule has 0 bridgehead atoms. The Bertz CT molecular complexity index is 374. The Morgan fingerprint density at radius 1 is 1.40 bits per heavy atom. The van der Waals surface area contributed by atoms with Gasteiger partial charge in [-0.05, 0) is 17.2 Å². The monoisotopic (exact) mass is 280 g/mol. The number of nitrogens with zero attached hydrogens (tertiary/aromatic N) is 1. The minimum atomic E-state index is -4.36. The SMILES string of the molecule is NN=Cc1ccc(CBr)c(C(F)(F)F)c1. The second-order valence-electron chi connectivity index (χ2n) is 2.83. The summed E-state index contributed by atoms with van der Waals surface area (Å²) in [5, 5.41) is 3.34. The summed E-state index contributed by atoms with van der Waals surface area (Å²) in [5.41, 5.74) is -0.150. The van der Waals surface area contributed by atoms with Crippen molar-refractivity contribution >= 4 is 22.1 Å². The molecular formula is C9H8BrF3N2. The topological polar surface area (TPSA) is 38.4 Å². The van der Waals surface area contributed by atoms with Crippen LogP contribution in [0.25, 0.3) is 0 Å². The Morgan fingerprint density at radius 2 is 2.07 bits per heavy atom. The van der Waals surface area contributed by atoms with Crippen LogP contribution in [0.4, 0.5) is 13.2 Å². The molecule has 0 aromatic heterocycles. The third-order valence-electron chi connectivity index (χ3n) is 1.81. The Labute approximate surface area is 93.1 Å². The molecule has 0 amide bonds. The molecule has 0 radical (unpaired) electrons. The van der Waals surface area contributed by atoms with Gasteiger partial charge in [-0.3, -0.25) is 0 Å². The van der Waals surface area contributed by atoms with E-state index in [1.165, 1.54) is 18.3 Å². The maximum atomic E-state index is 12.6. The van der Waals surface area contributed by atoms with Crippen molar-refractivity contribution in [3.63, 3.8) is 0 Å². The maximum Gasteiger partial charge on any atom is 0.416 e. The maximum absolute atomic E-state index is 12.6. The minimum Gasteiger partial charge on any atom is -0.323 e. The van der Waals surface area contributed by atoms with Gasteiger partial charge >= 0.3 is 6.18 Å². The first kappa shape index (κ1) is 12.0. The van der Waals surface area contributed by atoms with Crippen molar-refractivity contribution in [1.29, 1.82) is 0 Å². The van der Waals surface area contributed by atoms with Gasteiger partial charge < -0.3 is 5.84 Å². The quantitative estimate of drug-likeness (QED) is 0.385. The molecule has 0 spiro atoms. The van der Waals surface area contributed by atoms with Gasteiger partial charge in [0.05, 0.1) is 11.8 Å². The lowest BCUT2D eigenvalue weighted by Crippen LogP contribution is -2.09. The molecule has 1 aromatic rings. The van der Waals surface area contributed by atoms with Crippen molar-refractivity contribution in [3.05, 3.63) is 34.9 Å². The molecule has 2 nitrogen and oxygen atoms in total. The Morgan fingerprint density at radius 3 is 2.53 bits per heavy atom. The molecule has 0 fully saturated rings. The number of hydrazone groups is 1. The van der Waals surface area contributed by atoms with Gasteiger partial charge in [0.25, 0.3) is 0 Å². The molecule has 82 valence electrons. The largest absolute Gasteiger partial charge is 0.416 e. The lowest BCUT2D eigenvalue weighted by atomic mass is 10.1. The van der Waals surface area contributed by atoms with E-state index in [2.05, 4.69) is 21.0 Å². The average molecular weight is 281 g/mol. The summed E-state index contributed by atoms with van der Waals surface area (Å²) in [6.45, 7) is 0. The van der Waals surface area contributed by atoms with Crippen LogP contribution in [0.15, 0.2) is 23.3 Å². The van der Waals surface area contributed by atoms with Crippen LogP contribution in [0.1, 0.15) is 16.7 Å². The fraction of sp³-hybridized carbons (Fsp3) is 0.222. The number of rotatable bonds is 2. The first-order valence-corrected chi connectivity index (χ1v) is 5.10. The van der Waals surface area contributed by atoms with Gasteiger partial charge in [-0.25, -0.2) is 0 Å². The third kappa shape index (κ3) is 2.95. The summed E-state index contributed by atoms with van der Waals surface area (Å²) < 4.78 is 37.7. The molecule has 0 saturated carbocycles. The van der Waals surface area contributed by atoms with Gasteiger partial charge in [0.15, 0.2) is 0 Å². The summed E-state index contributed by atoms with van der Waals surface area (Å²) in [7, 11) is 0. The standard InChI is InChI=1S/C9H8BrF3N2/c10-4-7-2-1-6(5-15-14)3-8(7)9(11,12)13/h1-3,5H,4,14H2. The van der Waals surface area contributed by atoms with E-state index < -0.39 is 11.7 Å². The zero-order valence-corrected chi connectivity index (χ0v) is 9.14. The Hall–Kier alpha value is -1.04. The van der Waals surface area contributed by atoms with E-state index in [0.717, 1.165) is 6.07 Å². The van der Waals surface area contributed by atoms with Gasteiger partial charge in [-0.2, -0.15) is 18.3 Å². The fourth-order valence-electron chi connectivity index (χ4n) is 1.14. The molecule has 6 heteroatoms. The highest BCUT2D eigenvalue weighted by atomic mass is 79.9. The first-order valence-electron chi connectivity index (χ1n) is 3.98. The van der Waals surface area contributed by atoms with Gasteiger partial charge in [-0.15, -0.1) is 0 Å². The van der Waals surface area contributed by atoms with E-state index in [9.17, 15) is 13.2 Å². The highest BCUT2D eigenvalue weighted by Gasteiger charge is 2.33. The number of hydrogen-bond donors (Lipinski definition) is 1. The van der Waals surface area contributed by atoms with E-state index >= 15 is 0 Å². The van der Waals surface area contributed by atoms with Crippen molar-refractivity contribution in [3.8, 4) is 0 Å². The van der Waals surface area contributed by atoms with Crippen LogP contribution in [-0.4, -0.2) is 6.21 Å². The first-order chi connectivity index (χ1) is 6.99. The smallest absolute Gasteiger partial charge is 0.323 e. The van der Waals surface area contributed by atoms with Crippen molar-refractivity contribution in [2.45, 2.75) is 11.5 Å². The number of hydrogen-bond acceptors (Lipinski definition) is 2. The molecular weight excluding hydrogens is 273 g/mol. The van der Waals surface area contributed by atoms with Crippen molar-refractivity contribution in [1.82, 2.24) is 0 Å². The van der Waals surface area contributed by atoms with Crippen LogP contribution in [0, 0.1) is 0 Å². The molecule has 0 aliphatic carbocycles. The van der Waals surface area contributed by atoms with E-state index in [4.69, 9.17) is 5.84 Å². The second-order valence-corrected chi connectivity index (χ2v) is 3.39. The zero-order valence-electron chi connectivity index (χ0n) is 7.55. The van der Waals surface area contributed by atoms with Crippen molar-refractivity contribution < 1.29 is 13.2 Å². The molecule has 0 unspecified atom stereocenters. The van der Waals surface area contributed by atoms with Gasteiger partial charge in [0.2, 0.25) is 0 Å². The van der Waals surface area contributed by atoms with E-state index in [0.29, 0.717) is 5.56 Å². The molecule has 0 aliphatic heterocycles. The molecule has 0 saturated heterocycles. The predicted octanol–water partition coefficient (Wildman–Crippen LogP) is 2.89. The molecule has 1 aromatic carbocycles. The molecule has 15 heavy (non-hydrogen) atoms. The Balaban J connectivity index is 3.25. The summed E-state index contributed by atoms with van der Waals surface area (Å²) in [6.07, 6.45) is -3.19. The van der Waals surface area contributed by atoms with Gasteiger partial charge in [0, 0.05) is 5.33 Å². The lowest BCUT2D eigenvalue weighted by molar-refractivity contribution is -0.138. The van der Waals surface area contributed by atoms with Crippen molar-refractivity contribution in [2.75, 3.05) is 0 Å². The molecule has 2 N–H and O–H groups in total. The van der Waals surface area contributed by atoms with Gasteiger partial charge in [0.1, 0.15) is 0 Å². The highest BCUT2D eigenvalue weighted by molar-refractivity contribution is 9.08.